The number of nitrogens with one attached hydrogen (secondary N) is 1. The zero-order valence-corrected chi connectivity index (χ0v) is 18.8. The van der Waals surface area contributed by atoms with Gasteiger partial charge in [-0.15, -0.1) is 0 Å². The van der Waals surface area contributed by atoms with E-state index in [0.717, 1.165) is 57.7 Å². The van der Waals surface area contributed by atoms with Crippen LogP contribution in [0.3, 0.4) is 0 Å². The molecule has 0 atom stereocenters. The molecule has 5 nitrogen and oxygen atoms in total. The molecule has 6 heteroatoms. The van der Waals surface area contributed by atoms with Crippen molar-refractivity contribution in [3.63, 3.8) is 0 Å². The van der Waals surface area contributed by atoms with Gasteiger partial charge in [-0.25, -0.2) is 4.98 Å². The summed E-state index contributed by atoms with van der Waals surface area (Å²) >= 11 is 6.36. The number of benzene rings is 3. The first-order valence-electron chi connectivity index (χ1n) is 10.8. The van der Waals surface area contributed by atoms with E-state index in [4.69, 9.17) is 21.6 Å². The molecule has 1 aliphatic carbocycles. The smallest absolute Gasteiger partial charge is 0.0900 e. The van der Waals surface area contributed by atoms with E-state index >= 15 is 0 Å². The molecule has 160 valence electrons. The maximum Gasteiger partial charge on any atom is 0.0900 e. The van der Waals surface area contributed by atoms with E-state index in [2.05, 4.69) is 53.0 Å². The SMILES string of the molecule is CC(C)/N=c1\cc2n(-c3cccc(Cl)c3)c3ccccc3nc-2cc1NC1=CN=CCC1. The van der Waals surface area contributed by atoms with Crippen LogP contribution in [0.2, 0.25) is 5.02 Å². The minimum atomic E-state index is 0.152. The number of allylic oxidation sites excluding steroid dienone is 1. The molecule has 0 bridgehead atoms. The number of rotatable bonds is 4. The van der Waals surface area contributed by atoms with Crippen LogP contribution in [0.15, 0.2) is 82.5 Å². The number of para-hydroxylation sites is 2. The predicted molar refractivity (Wildman–Crippen MR) is 133 cm³/mol. The Morgan fingerprint density at radius 1 is 1.06 bits per heavy atom. The van der Waals surface area contributed by atoms with E-state index in [1.54, 1.807) is 0 Å². The van der Waals surface area contributed by atoms with E-state index in [1.807, 2.05) is 48.8 Å². The molecular weight excluding hydrogens is 418 g/mol. The fraction of sp³-hybridized carbons (Fsp3) is 0.192. The first kappa shape index (κ1) is 20.5. The zero-order valence-electron chi connectivity index (χ0n) is 18.1. The standard InChI is InChI=1S/C26H24ClN5/c1-17(2)29-23-15-26-24(14-22(23)30-19-8-6-12-28-16-19)31-21-10-3-4-11-25(21)32(26)20-9-5-7-18(27)13-20/h3-5,7,9-17,30H,6,8H2,1-2H3/b29-23+. The molecule has 5 rings (SSSR count). The predicted octanol–water partition coefficient (Wildman–Crippen LogP) is 6.21. The van der Waals surface area contributed by atoms with Gasteiger partial charge >= 0.3 is 0 Å². The Labute approximate surface area is 192 Å². The Hall–Kier alpha value is -3.44. The molecule has 0 amide bonds. The largest absolute Gasteiger partial charge is 0.356 e. The molecule has 0 fully saturated rings. The molecule has 2 aliphatic heterocycles. The molecule has 1 N–H and O–H groups in total. The Balaban J connectivity index is 1.82. The van der Waals surface area contributed by atoms with Crippen LogP contribution >= 0.6 is 11.6 Å². The minimum Gasteiger partial charge on any atom is -0.356 e. The topological polar surface area (TPSA) is 54.6 Å². The van der Waals surface area contributed by atoms with Crippen molar-refractivity contribution in [1.29, 1.82) is 0 Å². The zero-order chi connectivity index (χ0) is 22.1. The van der Waals surface area contributed by atoms with Crippen LogP contribution in [0.1, 0.15) is 26.7 Å². The van der Waals surface area contributed by atoms with Crippen molar-refractivity contribution in [2.24, 2.45) is 9.98 Å². The van der Waals surface area contributed by atoms with Crippen molar-refractivity contribution >= 4 is 34.5 Å². The Bertz CT molecular complexity index is 1400. The number of aliphatic imine (C=N–C) groups is 1. The highest BCUT2D eigenvalue weighted by Crippen LogP contribution is 2.31. The summed E-state index contributed by atoms with van der Waals surface area (Å²) in [7, 11) is 0. The number of fused-ring (bicyclic) bond motifs is 2. The van der Waals surface area contributed by atoms with Gasteiger partial charge < -0.3 is 9.88 Å². The maximum atomic E-state index is 6.36. The molecular formula is C26H24ClN5. The lowest BCUT2D eigenvalue weighted by Crippen LogP contribution is -2.18. The summed E-state index contributed by atoms with van der Waals surface area (Å²) in [6.45, 7) is 4.17. The fourth-order valence-electron chi connectivity index (χ4n) is 3.99. The summed E-state index contributed by atoms with van der Waals surface area (Å²) in [5.41, 5.74) is 6.80. The summed E-state index contributed by atoms with van der Waals surface area (Å²) in [6.07, 6.45) is 5.68. The normalized spacial score (nSPS) is 14.4. The molecule has 2 heterocycles. The molecule has 32 heavy (non-hydrogen) atoms. The van der Waals surface area contributed by atoms with E-state index in [9.17, 15) is 0 Å². The second-order valence-corrected chi connectivity index (χ2v) is 8.58. The van der Waals surface area contributed by atoms with Crippen LogP contribution in [0, 0.1) is 0 Å². The van der Waals surface area contributed by atoms with Gasteiger partial charge in [-0.05, 0) is 69.2 Å². The lowest BCUT2D eigenvalue weighted by atomic mass is 10.1. The minimum absolute atomic E-state index is 0.152. The van der Waals surface area contributed by atoms with Gasteiger partial charge in [-0.1, -0.05) is 29.8 Å². The summed E-state index contributed by atoms with van der Waals surface area (Å²) in [5, 5.41) is 5.14. The number of halogens is 1. The average molecular weight is 442 g/mol. The van der Waals surface area contributed by atoms with E-state index in [-0.39, 0.29) is 6.04 Å². The van der Waals surface area contributed by atoms with Crippen molar-refractivity contribution in [1.82, 2.24) is 9.55 Å². The van der Waals surface area contributed by atoms with Gasteiger partial charge in [0.15, 0.2) is 0 Å². The van der Waals surface area contributed by atoms with E-state index in [1.165, 1.54) is 0 Å². The van der Waals surface area contributed by atoms with Crippen molar-refractivity contribution in [2.45, 2.75) is 32.7 Å². The van der Waals surface area contributed by atoms with Gasteiger partial charge in [0.25, 0.3) is 0 Å². The fourth-order valence-corrected chi connectivity index (χ4v) is 4.17. The number of hydrogen-bond acceptors (Lipinski definition) is 4. The second-order valence-electron chi connectivity index (χ2n) is 8.15. The van der Waals surface area contributed by atoms with Crippen LogP contribution in [0.5, 0.6) is 0 Å². The van der Waals surface area contributed by atoms with Crippen LogP contribution in [0.25, 0.3) is 28.1 Å². The highest BCUT2D eigenvalue weighted by molar-refractivity contribution is 6.30. The number of anilines is 1. The van der Waals surface area contributed by atoms with Crippen LogP contribution in [-0.4, -0.2) is 21.8 Å². The summed E-state index contributed by atoms with van der Waals surface area (Å²) in [6, 6.07) is 20.4. The van der Waals surface area contributed by atoms with Gasteiger partial charge in [0.2, 0.25) is 0 Å². The van der Waals surface area contributed by atoms with Crippen LogP contribution in [0.4, 0.5) is 5.69 Å². The first-order valence-corrected chi connectivity index (χ1v) is 11.2. The molecule has 0 unspecified atom stereocenters. The Morgan fingerprint density at radius 3 is 2.72 bits per heavy atom. The number of hydrogen-bond donors (Lipinski definition) is 1. The lowest BCUT2D eigenvalue weighted by molar-refractivity contribution is 0.805. The summed E-state index contributed by atoms with van der Waals surface area (Å²) in [5.74, 6) is 0. The van der Waals surface area contributed by atoms with E-state index in [0.29, 0.717) is 5.02 Å². The van der Waals surface area contributed by atoms with E-state index < -0.39 is 0 Å². The van der Waals surface area contributed by atoms with Gasteiger partial charge in [0.1, 0.15) is 0 Å². The quantitative estimate of drug-likeness (QED) is 0.383. The number of nitrogens with zero attached hydrogens (tertiary/aromatic N) is 4. The third-order valence-electron chi connectivity index (χ3n) is 5.33. The summed E-state index contributed by atoms with van der Waals surface area (Å²) < 4.78 is 2.21. The molecule has 0 saturated heterocycles. The second kappa shape index (κ2) is 8.60. The lowest BCUT2D eigenvalue weighted by Gasteiger charge is -2.21. The summed E-state index contributed by atoms with van der Waals surface area (Å²) in [4.78, 5) is 14.2. The van der Waals surface area contributed by atoms with Crippen LogP contribution in [-0.2, 0) is 0 Å². The molecule has 0 aromatic heterocycles. The molecule has 0 saturated carbocycles. The van der Waals surface area contributed by atoms with Crippen molar-refractivity contribution < 1.29 is 0 Å². The van der Waals surface area contributed by atoms with Gasteiger partial charge in [0, 0.05) is 34.9 Å². The third kappa shape index (κ3) is 4.04. The number of aromatic nitrogens is 2. The Morgan fingerprint density at radius 2 is 1.94 bits per heavy atom. The third-order valence-corrected chi connectivity index (χ3v) is 5.57. The van der Waals surface area contributed by atoms with Gasteiger partial charge in [-0.2, -0.15) is 0 Å². The monoisotopic (exact) mass is 441 g/mol. The molecule has 2 aromatic rings. The van der Waals surface area contributed by atoms with Gasteiger partial charge in [0.05, 0.1) is 33.5 Å². The van der Waals surface area contributed by atoms with Crippen molar-refractivity contribution in [2.75, 3.05) is 5.32 Å². The van der Waals surface area contributed by atoms with Gasteiger partial charge in [-0.3, -0.25) is 9.98 Å². The molecule has 0 radical (unpaired) electrons. The molecule has 2 aromatic carbocycles. The molecule has 3 aliphatic rings. The average Bonchev–Trinajstić information content (AvgIpc) is 2.78. The highest BCUT2D eigenvalue weighted by Gasteiger charge is 2.17. The van der Waals surface area contributed by atoms with Crippen molar-refractivity contribution in [3.05, 3.63) is 82.9 Å². The highest BCUT2D eigenvalue weighted by atomic mass is 35.5. The van der Waals surface area contributed by atoms with Crippen molar-refractivity contribution in [3.8, 4) is 17.1 Å². The maximum absolute atomic E-state index is 6.36. The first-order chi connectivity index (χ1) is 15.6. The van der Waals surface area contributed by atoms with Crippen LogP contribution < -0.4 is 10.7 Å². The Kier molecular flexibility index (Phi) is 5.50. The molecule has 0 spiro atoms.